The number of carbonyl (C=O) groups excluding carboxylic acids is 2. The first-order chi connectivity index (χ1) is 17.4. The van der Waals surface area contributed by atoms with Crippen molar-refractivity contribution in [3.63, 3.8) is 0 Å². The van der Waals surface area contributed by atoms with Crippen molar-refractivity contribution in [1.82, 2.24) is 9.78 Å². The van der Waals surface area contributed by atoms with E-state index in [-0.39, 0.29) is 22.8 Å². The van der Waals surface area contributed by atoms with E-state index in [0.717, 1.165) is 16.9 Å². The lowest BCUT2D eigenvalue weighted by Gasteiger charge is -2.16. The number of anilines is 1. The number of aryl methyl sites for hydroxylation is 1. The average Bonchev–Trinajstić information content (AvgIpc) is 3.37. The average molecular weight is 479 g/mol. The zero-order valence-electron chi connectivity index (χ0n) is 20.4. The fourth-order valence-corrected chi connectivity index (χ4v) is 4.44. The summed E-state index contributed by atoms with van der Waals surface area (Å²) in [7, 11) is 0. The van der Waals surface area contributed by atoms with Gasteiger partial charge >= 0.3 is 5.91 Å². The van der Waals surface area contributed by atoms with Crippen LogP contribution >= 0.6 is 0 Å². The van der Waals surface area contributed by atoms with Crippen LogP contribution in [0.5, 0.6) is 5.88 Å². The first kappa shape index (κ1) is 23.2. The Bertz CT molecular complexity index is 1470. The van der Waals surface area contributed by atoms with Gasteiger partial charge in [0.2, 0.25) is 0 Å². The molecule has 0 radical (unpaired) electrons. The molecule has 0 saturated carbocycles. The minimum Gasteiger partial charge on any atom is -0.858 e. The fourth-order valence-electron chi connectivity index (χ4n) is 4.44. The smallest absolute Gasteiger partial charge is 0.331 e. The van der Waals surface area contributed by atoms with E-state index in [0.29, 0.717) is 17.1 Å². The van der Waals surface area contributed by atoms with Gasteiger partial charge in [0.1, 0.15) is 5.57 Å². The van der Waals surface area contributed by atoms with Gasteiger partial charge in [-0.1, -0.05) is 57.2 Å². The summed E-state index contributed by atoms with van der Waals surface area (Å²) in [5.41, 5.74) is 2.96. The molecule has 7 heteroatoms. The summed E-state index contributed by atoms with van der Waals surface area (Å²) in [5, 5.41) is 18.4. The van der Waals surface area contributed by atoms with Crippen molar-refractivity contribution < 1.29 is 19.3 Å². The molecule has 2 amide bonds. The molecule has 0 spiro atoms. The van der Waals surface area contributed by atoms with E-state index in [4.69, 9.17) is 0 Å². The van der Waals surface area contributed by atoms with Gasteiger partial charge in [-0.15, -0.1) is 0 Å². The second kappa shape index (κ2) is 9.26. The van der Waals surface area contributed by atoms with Crippen molar-refractivity contribution in [3.8, 4) is 11.6 Å². The normalized spacial score (nSPS) is 13.8. The van der Waals surface area contributed by atoms with Crippen LogP contribution in [0.4, 0.5) is 5.69 Å². The molecular weight excluding hydrogens is 452 g/mol. The number of nitrogens with zero attached hydrogens (tertiary/aromatic N) is 4. The van der Waals surface area contributed by atoms with E-state index in [2.05, 4.69) is 5.10 Å². The van der Waals surface area contributed by atoms with Crippen molar-refractivity contribution >= 4 is 28.8 Å². The maximum absolute atomic E-state index is 14.0. The highest BCUT2D eigenvalue weighted by Gasteiger charge is 2.47. The van der Waals surface area contributed by atoms with Crippen LogP contribution < -0.4 is 14.6 Å². The summed E-state index contributed by atoms with van der Waals surface area (Å²) in [6.07, 6.45) is 4.35. The second-order valence-corrected chi connectivity index (χ2v) is 8.94. The van der Waals surface area contributed by atoms with Gasteiger partial charge in [0.15, 0.2) is 12.4 Å². The molecule has 0 bridgehead atoms. The lowest BCUT2D eigenvalue weighted by molar-refractivity contribution is -0.576. The maximum atomic E-state index is 14.0. The SMILES string of the molecule is CCc1cc[n+](C2=C(c3c(C(C)C)nn(-c4ccccc4)c3[O-])C(=O)N(c3ccccc3)C2=O)cc1. The zero-order chi connectivity index (χ0) is 25.4. The van der Waals surface area contributed by atoms with Crippen molar-refractivity contribution in [1.29, 1.82) is 0 Å². The first-order valence-electron chi connectivity index (χ1n) is 12.0. The summed E-state index contributed by atoms with van der Waals surface area (Å²) in [6, 6.07) is 21.6. The number of carbonyl (C=O) groups is 2. The van der Waals surface area contributed by atoms with Crippen LogP contribution in [0.2, 0.25) is 0 Å². The van der Waals surface area contributed by atoms with Crippen LogP contribution in [0.25, 0.3) is 17.0 Å². The predicted octanol–water partition coefficient (Wildman–Crippen LogP) is 3.86. The Hall–Kier alpha value is -4.52. The fraction of sp³-hybridized carbons (Fsp3) is 0.172. The van der Waals surface area contributed by atoms with Crippen LogP contribution in [-0.4, -0.2) is 21.6 Å². The van der Waals surface area contributed by atoms with E-state index >= 15 is 0 Å². The van der Waals surface area contributed by atoms with Gasteiger partial charge in [-0.25, -0.2) is 9.58 Å². The van der Waals surface area contributed by atoms with Gasteiger partial charge < -0.3 is 5.11 Å². The third-order valence-corrected chi connectivity index (χ3v) is 6.31. The molecule has 0 saturated heterocycles. The van der Waals surface area contributed by atoms with Gasteiger partial charge in [0, 0.05) is 17.7 Å². The Morgan fingerprint density at radius 3 is 2.00 bits per heavy atom. The molecule has 1 aliphatic heterocycles. The largest absolute Gasteiger partial charge is 0.858 e. The molecule has 0 atom stereocenters. The highest BCUT2D eigenvalue weighted by molar-refractivity contribution is 6.53. The Kier molecular flexibility index (Phi) is 5.98. The lowest BCUT2D eigenvalue weighted by atomic mass is 9.98. The molecule has 36 heavy (non-hydrogen) atoms. The summed E-state index contributed by atoms with van der Waals surface area (Å²) in [6.45, 7) is 5.88. The molecule has 2 aromatic carbocycles. The topological polar surface area (TPSA) is 82.1 Å². The molecule has 0 N–H and O–H groups in total. The molecular formula is C29H26N4O3. The number of para-hydroxylation sites is 2. The van der Waals surface area contributed by atoms with Crippen LogP contribution in [0.3, 0.4) is 0 Å². The van der Waals surface area contributed by atoms with E-state index in [9.17, 15) is 14.7 Å². The number of benzene rings is 2. The molecule has 3 heterocycles. The molecule has 2 aromatic heterocycles. The maximum Gasteiger partial charge on any atom is 0.331 e. The highest BCUT2D eigenvalue weighted by Crippen LogP contribution is 2.40. The standard InChI is InChI=1S/C29H26N4O3/c1-4-20-15-17-31(18-16-20)26-24(27(34)32(29(26)36)21-11-7-5-8-12-21)23-25(19(2)3)30-33(28(23)35)22-13-9-6-10-14-22/h5-19H,4H2,1-3H3. The first-order valence-corrected chi connectivity index (χ1v) is 12.0. The third kappa shape index (κ3) is 3.79. The third-order valence-electron chi connectivity index (χ3n) is 6.31. The Morgan fingerprint density at radius 2 is 1.44 bits per heavy atom. The number of amides is 2. The van der Waals surface area contributed by atoms with Crippen molar-refractivity contribution in [2.75, 3.05) is 4.90 Å². The number of hydrogen-bond acceptors (Lipinski definition) is 4. The van der Waals surface area contributed by atoms with Gasteiger partial charge in [-0.2, -0.15) is 9.67 Å². The van der Waals surface area contributed by atoms with Crippen LogP contribution in [0.1, 0.15) is 43.5 Å². The number of rotatable bonds is 6. The Labute approximate surface area is 209 Å². The summed E-state index contributed by atoms with van der Waals surface area (Å²) in [4.78, 5) is 28.9. The Morgan fingerprint density at radius 1 is 0.861 bits per heavy atom. The van der Waals surface area contributed by atoms with Gasteiger partial charge in [-0.3, -0.25) is 9.59 Å². The minimum absolute atomic E-state index is 0.0639. The van der Waals surface area contributed by atoms with E-state index in [1.165, 1.54) is 4.68 Å². The van der Waals surface area contributed by atoms with E-state index in [1.54, 1.807) is 53.4 Å². The molecule has 0 unspecified atom stereocenters. The van der Waals surface area contributed by atoms with Crippen molar-refractivity contribution in [2.45, 2.75) is 33.1 Å². The molecule has 0 aliphatic carbocycles. The molecule has 7 nitrogen and oxygen atoms in total. The van der Waals surface area contributed by atoms with Gasteiger partial charge in [0.05, 0.1) is 17.1 Å². The molecule has 180 valence electrons. The predicted molar refractivity (Wildman–Crippen MR) is 135 cm³/mol. The summed E-state index contributed by atoms with van der Waals surface area (Å²) < 4.78 is 2.93. The van der Waals surface area contributed by atoms with Gasteiger partial charge in [0.25, 0.3) is 11.6 Å². The lowest BCUT2D eigenvalue weighted by Crippen LogP contribution is -2.39. The monoisotopic (exact) mass is 478 g/mol. The second-order valence-electron chi connectivity index (χ2n) is 8.94. The van der Waals surface area contributed by atoms with Crippen molar-refractivity contribution in [3.05, 3.63) is 102 Å². The summed E-state index contributed by atoms with van der Waals surface area (Å²) >= 11 is 0. The zero-order valence-corrected chi connectivity index (χ0v) is 20.4. The van der Waals surface area contributed by atoms with Crippen LogP contribution in [0, 0.1) is 0 Å². The molecule has 0 fully saturated rings. The Balaban J connectivity index is 1.79. The van der Waals surface area contributed by atoms with Crippen LogP contribution in [0.15, 0.2) is 85.2 Å². The van der Waals surface area contributed by atoms with Gasteiger partial charge in [-0.05, 0) is 48.0 Å². The summed E-state index contributed by atoms with van der Waals surface area (Å²) in [5.74, 6) is -1.62. The number of hydrogen-bond donors (Lipinski definition) is 0. The van der Waals surface area contributed by atoms with E-state index in [1.807, 2.05) is 57.2 Å². The minimum atomic E-state index is -0.542. The highest BCUT2D eigenvalue weighted by atomic mass is 16.3. The van der Waals surface area contributed by atoms with Crippen molar-refractivity contribution in [2.24, 2.45) is 0 Å². The number of imide groups is 1. The van der Waals surface area contributed by atoms with Crippen LogP contribution in [-0.2, 0) is 16.0 Å². The molecule has 4 aromatic rings. The molecule has 5 rings (SSSR count). The molecule has 1 aliphatic rings. The number of aromatic nitrogens is 3. The quantitative estimate of drug-likeness (QED) is 0.311. The number of pyridine rings is 1. The van der Waals surface area contributed by atoms with E-state index < -0.39 is 17.7 Å².